The van der Waals surface area contributed by atoms with Crippen LogP contribution >= 0.6 is 0 Å². The average molecular weight is 409 g/mol. The Bertz CT molecular complexity index is 981. The van der Waals surface area contributed by atoms with Crippen molar-refractivity contribution in [3.63, 3.8) is 0 Å². The van der Waals surface area contributed by atoms with E-state index in [2.05, 4.69) is 25.0 Å². The Labute approximate surface area is 164 Å². The Kier molecular flexibility index (Phi) is 5.97. The molecule has 2 heterocycles. The van der Waals surface area contributed by atoms with Gasteiger partial charge in [0.1, 0.15) is 17.9 Å². The largest absolute Gasteiger partial charge is 0.457 e. The molecule has 3 aromatic rings. The van der Waals surface area contributed by atoms with Gasteiger partial charge in [-0.25, -0.2) is 14.1 Å². The third kappa shape index (κ3) is 4.99. The number of rotatable bonds is 8. The molecule has 0 aliphatic carbocycles. The van der Waals surface area contributed by atoms with Crippen LogP contribution in [0.1, 0.15) is 25.2 Å². The molecular weight excluding hydrogens is 391 g/mol. The average Bonchev–Trinajstić information content (AvgIpc) is 3.17. The topological polar surface area (TPSA) is 84.2 Å². The lowest BCUT2D eigenvalue weighted by atomic mass is 10.1. The standard InChI is InChI=1S/C18H18F3N5O3/c1-18(2,27-3)15-6-7-22-17(23-15)28-10-11-9-26(25-24-11)12-4-5-13(19)14(8-12)29-16(20)21/h4-9,16H,10H2,1-3H3. The highest BCUT2D eigenvalue weighted by atomic mass is 19.3. The van der Waals surface area contributed by atoms with Crippen LogP contribution in [-0.4, -0.2) is 38.7 Å². The monoisotopic (exact) mass is 409 g/mol. The summed E-state index contributed by atoms with van der Waals surface area (Å²) < 4.78 is 54.6. The first-order valence-electron chi connectivity index (χ1n) is 8.46. The Balaban J connectivity index is 1.71. The van der Waals surface area contributed by atoms with Crippen molar-refractivity contribution >= 4 is 0 Å². The lowest BCUT2D eigenvalue weighted by molar-refractivity contribution is -0.0521. The number of nitrogens with zero attached hydrogens (tertiary/aromatic N) is 5. The zero-order chi connectivity index (χ0) is 21.0. The summed E-state index contributed by atoms with van der Waals surface area (Å²) in [5, 5.41) is 7.81. The molecule has 0 atom stereocenters. The fourth-order valence-electron chi connectivity index (χ4n) is 2.30. The summed E-state index contributed by atoms with van der Waals surface area (Å²) in [6, 6.07) is 5.31. The van der Waals surface area contributed by atoms with E-state index in [4.69, 9.17) is 9.47 Å². The number of hydrogen-bond donors (Lipinski definition) is 0. The number of aromatic nitrogens is 5. The second-order valence-corrected chi connectivity index (χ2v) is 6.38. The van der Waals surface area contributed by atoms with Crippen molar-refractivity contribution in [3.8, 4) is 17.4 Å². The van der Waals surface area contributed by atoms with Crippen LogP contribution in [0, 0.1) is 5.82 Å². The molecule has 11 heteroatoms. The van der Waals surface area contributed by atoms with Gasteiger partial charge in [-0.05, 0) is 32.0 Å². The van der Waals surface area contributed by atoms with E-state index in [0.717, 1.165) is 12.1 Å². The summed E-state index contributed by atoms with van der Waals surface area (Å²) >= 11 is 0. The molecule has 0 radical (unpaired) electrons. The van der Waals surface area contributed by atoms with Crippen LogP contribution in [0.5, 0.6) is 11.8 Å². The zero-order valence-corrected chi connectivity index (χ0v) is 15.8. The van der Waals surface area contributed by atoms with Crippen LogP contribution in [0.4, 0.5) is 13.2 Å². The van der Waals surface area contributed by atoms with Crippen molar-refractivity contribution in [2.75, 3.05) is 7.11 Å². The highest BCUT2D eigenvalue weighted by Crippen LogP contribution is 2.24. The first-order chi connectivity index (χ1) is 13.8. The van der Waals surface area contributed by atoms with Crippen molar-refractivity contribution in [2.24, 2.45) is 0 Å². The predicted octanol–water partition coefficient (Wildman–Crippen LogP) is 3.26. The van der Waals surface area contributed by atoms with E-state index >= 15 is 0 Å². The van der Waals surface area contributed by atoms with Crippen LogP contribution < -0.4 is 9.47 Å². The Morgan fingerprint density at radius 2 is 2.00 bits per heavy atom. The smallest absolute Gasteiger partial charge is 0.387 e. The van der Waals surface area contributed by atoms with Gasteiger partial charge in [0.25, 0.3) is 0 Å². The van der Waals surface area contributed by atoms with Gasteiger partial charge in [0.15, 0.2) is 11.6 Å². The van der Waals surface area contributed by atoms with Crippen LogP contribution in [-0.2, 0) is 16.9 Å². The highest BCUT2D eigenvalue weighted by molar-refractivity contribution is 5.39. The fourth-order valence-corrected chi connectivity index (χ4v) is 2.30. The minimum absolute atomic E-state index is 0.0124. The number of benzene rings is 1. The molecule has 0 saturated heterocycles. The molecule has 0 N–H and O–H groups in total. The van der Waals surface area contributed by atoms with Gasteiger partial charge in [-0.15, -0.1) is 5.10 Å². The van der Waals surface area contributed by atoms with Crippen LogP contribution in [0.3, 0.4) is 0 Å². The molecule has 2 aromatic heterocycles. The first-order valence-corrected chi connectivity index (χ1v) is 8.46. The van der Waals surface area contributed by atoms with Crippen molar-refractivity contribution in [2.45, 2.75) is 32.7 Å². The van der Waals surface area contributed by atoms with Gasteiger partial charge < -0.3 is 14.2 Å². The van der Waals surface area contributed by atoms with Gasteiger partial charge in [0, 0.05) is 19.4 Å². The molecule has 8 nitrogen and oxygen atoms in total. The zero-order valence-electron chi connectivity index (χ0n) is 15.8. The molecule has 3 rings (SSSR count). The Morgan fingerprint density at radius 3 is 2.72 bits per heavy atom. The van der Waals surface area contributed by atoms with Gasteiger partial charge in [-0.3, -0.25) is 0 Å². The SMILES string of the molecule is COC(C)(C)c1ccnc(OCc2cn(-c3ccc(F)c(OC(F)F)c3)nn2)n1. The summed E-state index contributed by atoms with van der Waals surface area (Å²) in [5.74, 6) is -1.49. The summed E-state index contributed by atoms with van der Waals surface area (Å²) in [6.45, 7) is 0.593. The molecule has 0 bridgehead atoms. The first kappa shape index (κ1) is 20.5. The molecule has 1 aromatic carbocycles. The molecule has 0 unspecified atom stereocenters. The number of ether oxygens (including phenoxy) is 3. The van der Waals surface area contributed by atoms with Gasteiger partial charge in [0.2, 0.25) is 0 Å². The minimum Gasteiger partial charge on any atom is -0.457 e. The van der Waals surface area contributed by atoms with Gasteiger partial charge in [0.05, 0.1) is 17.6 Å². The molecule has 0 aliphatic rings. The molecule has 0 spiro atoms. The second kappa shape index (κ2) is 8.43. The molecule has 154 valence electrons. The maximum atomic E-state index is 13.6. The molecule has 29 heavy (non-hydrogen) atoms. The van der Waals surface area contributed by atoms with E-state index < -0.39 is 23.8 Å². The summed E-state index contributed by atoms with van der Waals surface area (Å²) in [7, 11) is 1.58. The van der Waals surface area contributed by atoms with Gasteiger partial charge in [-0.2, -0.15) is 13.8 Å². The Morgan fingerprint density at radius 1 is 1.21 bits per heavy atom. The van der Waals surface area contributed by atoms with E-state index in [-0.39, 0.29) is 12.6 Å². The number of hydrogen-bond acceptors (Lipinski definition) is 7. The van der Waals surface area contributed by atoms with E-state index in [1.165, 1.54) is 16.9 Å². The van der Waals surface area contributed by atoms with Crippen LogP contribution in [0.2, 0.25) is 0 Å². The number of methoxy groups -OCH3 is 1. The van der Waals surface area contributed by atoms with E-state index in [1.807, 2.05) is 13.8 Å². The third-order valence-electron chi connectivity index (χ3n) is 4.05. The van der Waals surface area contributed by atoms with Crippen LogP contribution in [0.25, 0.3) is 5.69 Å². The lowest BCUT2D eigenvalue weighted by Crippen LogP contribution is -2.21. The third-order valence-corrected chi connectivity index (χ3v) is 4.05. The maximum absolute atomic E-state index is 13.6. The second-order valence-electron chi connectivity index (χ2n) is 6.38. The number of halogens is 3. The van der Waals surface area contributed by atoms with Crippen molar-refractivity contribution in [1.82, 2.24) is 25.0 Å². The predicted molar refractivity (Wildman–Crippen MR) is 94.3 cm³/mol. The highest BCUT2D eigenvalue weighted by Gasteiger charge is 2.22. The van der Waals surface area contributed by atoms with Crippen molar-refractivity contribution in [1.29, 1.82) is 0 Å². The fraction of sp³-hybridized carbons (Fsp3) is 0.333. The van der Waals surface area contributed by atoms with E-state index in [0.29, 0.717) is 17.1 Å². The van der Waals surface area contributed by atoms with Crippen LogP contribution in [0.15, 0.2) is 36.7 Å². The quantitative estimate of drug-likeness (QED) is 0.565. The van der Waals surface area contributed by atoms with Gasteiger partial charge in [-0.1, -0.05) is 5.21 Å². The Hall–Kier alpha value is -3.21. The van der Waals surface area contributed by atoms with Crippen molar-refractivity contribution < 1.29 is 27.4 Å². The lowest BCUT2D eigenvalue weighted by Gasteiger charge is -2.22. The summed E-state index contributed by atoms with van der Waals surface area (Å²) in [4.78, 5) is 8.34. The molecule has 0 saturated carbocycles. The van der Waals surface area contributed by atoms with Crippen molar-refractivity contribution in [3.05, 3.63) is 53.9 Å². The molecular formula is C18H18F3N5O3. The normalized spacial score (nSPS) is 11.7. The maximum Gasteiger partial charge on any atom is 0.387 e. The summed E-state index contributed by atoms with van der Waals surface area (Å²) in [6.07, 6.45) is 3.06. The number of alkyl halides is 2. The van der Waals surface area contributed by atoms with E-state index in [9.17, 15) is 13.2 Å². The van der Waals surface area contributed by atoms with Gasteiger partial charge >= 0.3 is 12.6 Å². The summed E-state index contributed by atoms with van der Waals surface area (Å²) in [5.41, 5.74) is 0.753. The molecule has 0 fully saturated rings. The minimum atomic E-state index is -3.14. The molecule has 0 aliphatic heterocycles. The van der Waals surface area contributed by atoms with E-state index in [1.54, 1.807) is 19.4 Å². The molecule has 0 amide bonds.